The van der Waals surface area contributed by atoms with E-state index in [1.807, 2.05) is 0 Å². The maximum Gasteiger partial charge on any atom is 0.261 e. The van der Waals surface area contributed by atoms with E-state index in [1.165, 1.54) is 12.4 Å². The summed E-state index contributed by atoms with van der Waals surface area (Å²) in [5.41, 5.74) is 3.21. The highest BCUT2D eigenvalue weighted by Crippen LogP contribution is 2.33. The summed E-state index contributed by atoms with van der Waals surface area (Å²) in [5.74, 6) is -2.86. The Morgan fingerprint density at radius 1 is 1.12 bits per heavy atom. The molecule has 33 heavy (non-hydrogen) atoms. The molecule has 8 nitrogen and oxygen atoms in total. The molecule has 2 N–H and O–H groups in total. The van der Waals surface area contributed by atoms with Gasteiger partial charge in [-0.2, -0.15) is 5.10 Å². The van der Waals surface area contributed by atoms with Crippen LogP contribution in [0.5, 0.6) is 0 Å². The van der Waals surface area contributed by atoms with Crippen LogP contribution in [-0.4, -0.2) is 59.0 Å². The van der Waals surface area contributed by atoms with Crippen molar-refractivity contribution in [2.45, 2.75) is 18.9 Å². The van der Waals surface area contributed by atoms with Gasteiger partial charge >= 0.3 is 0 Å². The predicted octanol–water partition coefficient (Wildman–Crippen LogP) is 3.94. The number of rotatable bonds is 4. The van der Waals surface area contributed by atoms with E-state index in [2.05, 4.69) is 35.1 Å². The summed E-state index contributed by atoms with van der Waals surface area (Å²) in [4.78, 5) is 21.9. The van der Waals surface area contributed by atoms with Crippen molar-refractivity contribution in [3.8, 4) is 22.8 Å². The third kappa shape index (κ3) is 3.50. The molecule has 6 heterocycles. The lowest BCUT2D eigenvalue weighted by atomic mass is 10.1. The number of fused-ring (bicyclic) bond motifs is 2. The van der Waals surface area contributed by atoms with E-state index in [1.54, 1.807) is 35.5 Å². The van der Waals surface area contributed by atoms with Crippen LogP contribution in [-0.2, 0) is 6.54 Å². The van der Waals surface area contributed by atoms with Crippen molar-refractivity contribution < 1.29 is 13.2 Å². The summed E-state index contributed by atoms with van der Waals surface area (Å²) in [5, 5.41) is 7.27. The third-order valence-electron chi connectivity index (χ3n) is 5.75. The molecule has 1 saturated heterocycles. The van der Waals surface area contributed by atoms with Crippen molar-refractivity contribution in [2.24, 2.45) is 0 Å². The van der Waals surface area contributed by atoms with Crippen molar-refractivity contribution in [3.63, 3.8) is 0 Å². The molecule has 11 heteroatoms. The first-order valence-electron chi connectivity index (χ1n) is 10.3. The second kappa shape index (κ2) is 7.34. The Bertz CT molecular complexity index is 1460. The fourth-order valence-electron chi connectivity index (χ4n) is 4.21. The lowest BCUT2D eigenvalue weighted by Crippen LogP contribution is -2.24. The number of imidazole rings is 1. The standard InChI is InChI=1S/C22H17F3N8/c23-17-16-15(31-32-19(16)21-29-14-2-1-4-27-20(14)30-21)9-28-18(17)13-6-12(7-26-8-13)10-33-5-3-22(24,25)11-33/h1-2,4,6-9H,3,5,10-11H2,(H,31,32)(H,27,29,30). The minimum atomic E-state index is -2.67. The molecule has 6 rings (SSSR count). The first-order valence-corrected chi connectivity index (χ1v) is 10.3. The molecule has 1 fully saturated rings. The van der Waals surface area contributed by atoms with E-state index in [0.29, 0.717) is 52.4 Å². The molecule has 166 valence electrons. The Morgan fingerprint density at radius 2 is 2.03 bits per heavy atom. The average Bonchev–Trinajstić information content (AvgIpc) is 3.50. The van der Waals surface area contributed by atoms with Gasteiger partial charge in [-0.05, 0) is 23.8 Å². The quantitative estimate of drug-likeness (QED) is 0.430. The van der Waals surface area contributed by atoms with Crippen LogP contribution in [0.3, 0.4) is 0 Å². The highest BCUT2D eigenvalue weighted by molar-refractivity contribution is 5.94. The van der Waals surface area contributed by atoms with Crippen LogP contribution in [0.4, 0.5) is 13.2 Å². The summed E-state index contributed by atoms with van der Waals surface area (Å²) < 4.78 is 42.8. The van der Waals surface area contributed by atoms with Gasteiger partial charge in [-0.25, -0.2) is 23.1 Å². The molecule has 0 unspecified atom stereocenters. The lowest BCUT2D eigenvalue weighted by Gasteiger charge is -2.15. The van der Waals surface area contributed by atoms with Gasteiger partial charge in [0.05, 0.1) is 23.6 Å². The Morgan fingerprint density at radius 3 is 2.85 bits per heavy atom. The van der Waals surface area contributed by atoms with Gasteiger partial charge in [-0.15, -0.1) is 0 Å². The first kappa shape index (κ1) is 19.8. The molecule has 0 spiro atoms. The SMILES string of the molecule is Fc1c(-c2cncc(CN3CCC(F)(F)C3)c2)ncc2[nH]nc(-c3nc4cccnc4[nH]3)c12. The molecule has 0 radical (unpaired) electrons. The Labute approximate surface area is 184 Å². The fraction of sp³-hybridized carbons (Fsp3) is 0.227. The number of aromatic amines is 2. The Hall–Kier alpha value is -3.86. The number of nitrogens with zero attached hydrogens (tertiary/aromatic N) is 6. The van der Waals surface area contributed by atoms with Crippen LogP contribution in [0.1, 0.15) is 12.0 Å². The van der Waals surface area contributed by atoms with Crippen molar-refractivity contribution in [3.05, 3.63) is 54.4 Å². The first-order chi connectivity index (χ1) is 16.0. The maximum absolute atomic E-state index is 15.7. The summed E-state index contributed by atoms with van der Waals surface area (Å²) in [6.07, 6.45) is 6.08. The molecule has 0 amide bonds. The van der Waals surface area contributed by atoms with Gasteiger partial charge in [-0.3, -0.25) is 20.0 Å². The molecule has 0 atom stereocenters. The van der Waals surface area contributed by atoms with Crippen LogP contribution in [0.15, 0.2) is 43.0 Å². The summed E-state index contributed by atoms with van der Waals surface area (Å²) in [7, 11) is 0. The number of nitrogens with one attached hydrogen (secondary N) is 2. The van der Waals surface area contributed by atoms with Crippen LogP contribution >= 0.6 is 0 Å². The summed E-state index contributed by atoms with van der Waals surface area (Å²) >= 11 is 0. The molecule has 1 aliphatic rings. The normalized spacial score (nSPS) is 16.2. The van der Waals surface area contributed by atoms with Crippen LogP contribution in [0.25, 0.3) is 44.8 Å². The highest BCUT2D eigenvalue weighted by Gasteiger charge is 2.38. The van der Waals surface area contributed by atoms with Gasteiger partial charge in [0.25, 0.3) is 5.92 Å². The minimum absolute atomic E-state index is 0.0977. The van der Waals surface area contributed by atoms with Gasteiger partial charge in [0, 0.05) is 43.7 Å². The van der Waals surface area contributed by atoms with E-state index >= 15 is 4.39 Å². The lowest BCUT2D eigenvalue weighted by molar-refractivity contribution is 0.0115. The topological polar surface area (TPSA) is 99.3 Å². The number of aromatic nitrogens is 7. The molecule has 0 aromatic carbocycles. The van der Waals surface area contributed by atoms with Crippen molar-refractivity contribution in [2.75, 3.05) is 13.1 Å². The summed E-state index contributed by atoms with van der Waals surface area (Å²) in [6.45, 7) is 0.324. The van der Waals surface area contributed by atoms with E-state index in [9.17, 15) is 8.78 Å². The number of alkyl halides is 2. The zero-order valence-electron chi connectivity index (χ0n) is 17.2. The minimum Gasteiger partial charge on any atom is -0.321 e. The van der Waals surface area contributed by atoms with E-state index < -0.39 is 11.7 Å². The fourth-order valence-corrected chi connectivity index (χ4v) is 4.21. The second-order valence-electron chi connectivity index (χ2n) is 8.14. The van der Waals surface area contributed by atoms with Crippen LogP contribution < -0.4 is 0 Å². The number of likely N-dealkylation sites (tertiary alicyclic amines) is 1. The number of halogens is 3. The van der Waals surface area contributed by atoms with Crippen molar-refractivity contribution >= 4 is 22.1 Å². The zero-order valence-corrected chi connectivity index (χ0v) is 17.2. The number of H-pyrrole nitrogens is 2. The van der Waals surface area contributed by atoms with Crippen molar-refractivity contribution in [1.29, 1.82) is 0 Å². The van der Waals surface area contributed by atoms with E-state index in [0.717, 1.165) is 0 Å². The van der Waals surface area contributed by atoms with E-state index in [4.69, 9.17) is 0 Å². The summed E-state index contributed by atoms with van der Waals surface area (Å²) in [6, 6.07) is 5.29. The molecule has 5 aromatic heterocycles. The predicted molar refractivity (Wildman–Crippen MR) is 115 cm³/mol. The number of hydrogen-bond donors (Lipinski definition) is 2. The Balaban J connectivity index is 1.39. The number of hydrogen-bond acceptors (Lipinski definition) is 6. The average molecular weight is 450 g/mol. The molecular weight excluding hydrogens is 433 g/mol. The number of pyridine rings is 3. The monoisotopic (exact) mass is 450 g/mol. The zero-order chi connectivity index (χ0) is 22.6. The molecule has 0 bridgehead atoms. The van der Waals surface area contributed by atoms with Gasteiger partial charge < -0.3 is 4.98 Å². The third-order valence-corrected chi connectivity index (χ3v) is 5.75. The highest BCUT2D eigenvalue weighted by atomic mass is 19.3. The van der Waals surface area contributed by atoms with Crippen molar-refractivity contribution in [1.82, 2.24) is 40.0 Å². The molecule has 1 aliphatic heterocycles. The molecule has 0 saturated carbocycles. The molecular formula is C22H17F3N8. The molecule has 0 aliphatic carbocycles. The Kier molecular flexibility index (Phi) is 4.40. The largest absolute Gasteiger partial charge is 0.321 e. The maximum atomic E-state index is 15.7. The second-order valence-corrected chi connectivity index (χ2v) is 8.14. The molecule has 5 aromatic rings. The van der Waals surface area contributed by atoms with E-state index in [-0.39, 0.29) is 24.0 Å². The smallest absolute Gasteiger partial charge is 0.261 e. The van der Waals surface area contributed by atoms with Gasteiger partial charge in [0.2, 0.25) is 0 Å². The van der Waals surface area contributed by atoms with Gasteiger partial charge in [0.1, 0.15) is 16.9 Å². The van der Waals surface area contributed by atoms with Gasteiger partial charge in [-0.1, -0.05) is 0 Å². The van der Waals surface area contributed by atoms with Crippen LogP contribution in [0, 0.1) is 5.82 Å². The van der Waals surface area contributed by atoms with Gasteiger partial charge in [0.15, 0.2) is 17.3 Å². The van der Waals surface area contributed by atoms with Crippen LogP contribution in [0.2, 0.25) is 0 Å².